The molecule has 1 aliphatic carbocycles. The van der Waals surface area contributed by atoms with Crippen molar-refractivity contribution in [3.05, 3.63) is 0 Å². The van der Waals surface area contributed by atoms with Gasteiger partial charge >= 0.3 is 0 Å². The normalized spacial score (nSPS) is 37.2. The van der Waals surface area contributed by atoms with Crippen LogP contribution in [0.5, 0.6) is 0 Å². The van der Waals surface area contributed by atoms with Crippen LogP contribution in [0, 0.1) is 11.8 Å². The van der Waals surface area contributed by atoms with E-state index in [1.165, 1.54) is 45.2 Å². The lowest BCUT2D eigenvalue weighted by atomic mass is 9.79. The monoisotopic (exact) mass is 293 g/mol. The number of nitrogens with one attached hydrogen (secondary N) is 1. The second-order valence-electron chi connectivity index (χ2n) is 7.37. The third-order valence-electron chi connectivity index (χ3n) is 5.90. The van der Waals surface area contributed by atoms with Crippen LogP contribution in [-0.4, -0.2) is 42.5 Å². The van der Waals surface area contributed by atoms with E-state index in [1.807, 2.05) is 0 Å². The quantitative estimate of drug-likeness (QED) is 0.832. The molecule has 2 aliphatic heterocycles. The molecule has 4 nitrogen and oxygen atoms in total. The Balaban J connectivity index is 1.47. The van der Waals surface area contributed by atoms with Gasteiger partial charge in [0.1, 0.15) is 0 Å². The van der Waals surface area contributed by atoms with E-state index in [1.54, 1.807) is 0 Å². The van der Waals surface area contributed by atoms with E-state index in [0.29, 0.717) is 17.9 Å². The molecule has 0 aromatic carbocycles. The Morgan fingerprint density at radius 3 is 2.86 bits per heavy atom. The predicted octanol–water partition coefficient (Wildman–Crippen LogP) is 1.88. The fourth-order valence-electron chi connectivity index (χ4n) is 4.70. The molecule has 3 rings (SSSR count). The Morgan fingerprint density at radius 1 is 1.10 bits per heavy atom. The van der Waals surface area contributed by atoms with Crippen LogP contribution in [0.25, 0.3) is 0 Å². The molecular weight excluding hydrogens is 262 g/mol. The Bertz CT molecular complexity index is 358. The highest BCUT2D eigenvalue weighted by atomic mass is 16.1. The lowest BCUT2D eigenvalue weighted by Crippen LogP contribution is -2.49. The standard InChI is InChI=1S/C17H31N3O/c18-8-6-13-3-1-4-14(11-13)17(21)19-15-7-10-20-9-2-5-16(20)12-15/h13-16H,1-12,18H2,(H,19,21). The van der Waals surface area contributed by atoms with E-state index in [0.717, 1.165) is 38.3 Å². The summed E-state index contributed by atoms with van der Waals surface area (Å²) >= 11 is 0. The van der Waals surface area contributed by atoms with Gasteiger partial charge in [0.25, 0.3) is 0 Å². The first-order chi connectivity index (χ1) is 10.3. The number of hydrogen-bond donors (Lipinski definition) is 2. The van der Waals surface area contributed by atoms with Gasteiger partial charge in [-0.05, 0) is 64.0 Å². The fourth-order valence-corrected chi connectivity index (χ4v) is 4.70. The summed E-state index contributed by atoms with van der Waals surface area (Å²) in [6, 6.07) is 1.16. The van der Waals surface area contributed by atoms with Crippen molar-refractivity contribution in [3.63, 3.8) is 0 Å². The zero-order chi connectivity index (χ0) is 14.7. The van der Waals surface area contributed by atoms with Crippen molar-refractivity contribution >= 4 is 5.91 Å². The first kappa shape index (κ1) is 15.3. The van der Waals surface area contributed by atoms with Crippen LogP contribution in [0.2, 0.25) is 0 Å². The number of hydrogen-bond acceptors (Lipinski definition) is 3. The maximum Gasteiger partial charge on any atom is 0.223 e. The van der Waals surface area contributed by atoms with Crippen molar-refractivity contribution in [2.45, 2.75) is 69.9 Å². The minimum Gasteiger partial charge on any atom is -0.353 e. The number of amides is 1. The molecule has 1 saturated carbocycles. The summed E-state index contributed by atoms with van der Waals surface area (Å²) in [6.07, 6.45) is 10.7. The molecule has 3 fully saturated rings. The Morgan fingerprint density at radius 2 is 2.00 bits per heavy atom. The van der Waals surface area contributed by atoms with Gasteiger partial charge in [0.05, 0.1) is 0 Å². The third kappa shape index (κ3) is 3.78. The van der Waals surface area contributed by atoms with Crippen LogP contribution in [0.1, 0.15) is 57.8 Å². The third-order valence-corrected chi connectivity index (χ3v) is 5.90. The molecule has 1 amide bonds. The summed E-state index contributed by atoms with van der Waals surface area (Å²) in [4.78, 5) is 15.2. The lowest BCUT2D eigenvalue weighted by Gasteiger charge is -2.36. The van der Waals surface area contributed by atoms with Gasteiger partial charge in [-0.25, -0.2) is 0 Å². The molecule has 0 radical (unpaired) electrons. The van der Waals surface area contributed by atoms with E-state index in [2.05, 4.69) is 10.2 Å². The highest BCUT2D eigenvalue weighted by molar-refractivity contribution is 5.79. The zero-order valence-corrected chi connectivity index (χ0v) is 13.2. The summed E-state index contributed by atoms with van der Waals surface area (Å²) < 4.78 is 0. The predicted molar refractivity (Wildman–Crippen MR) is 84.9 cm³/mol. The zero-order valence-electron chi connectivity index (χ0n) is 13.2. The number of nitrogens with zero attached hydrogens (tertiary/aromatic N) is 1. The van der Waals surface area contributed by atoms with Crippen molar-refractivity contribution in [1.29, 1.82) is 0 Å². The van der Waals surface area contributed by atoms with Gasteiger partial charge in [-0.15, -0.1) is 0 Å². The summed E-state index contributed by atoms with van der Waals surface area (Å²) in [7, 11) is 0. The van der Waals surface area contributed by atoms with Crippen molar-refractivity contribution in [3.8, 4) is 0 Å². The number of piperidine rings is 1. The van der Waals surface area contributed by atoms with Gasteiger partial charge in [0.15, 0.2) is 0 Å². The molecular formula is C17H31N3O. The smallest absolute Gasteiger partial charge is 0.223 e. The first-order valence-corrected chi connectivity index (χ1v) is 9.00. The van der Waals surface area contributed by atoms with Crippen LogP contribution in [-0.2, 0) is 4.79 Å². The highest BCUT2D eigenvalue weighted by Crippen LogP contribution is 2.32. The molecule has 0 aromatic heterocycles. The molecule has 120 valence electrons. The summed E-state index contributed by atoms with van der Waals surface area (Å²) in [5.74, 6) is 1.25. The maximum atomic E-state index is 12.6. The van der Waals surface area contributed by atoms with E-state index in [4.69, 9.17) is 5.73 Å². The molecule has 0 aromatic rings. The minimum absolute atomic E-state index is 0.247. The fraction of sp³-hybridized carbons (Fsp3) is 0.941. The van der Waals surface area contributed by atoms with Crippen LogP contribution < -0.4 is 11.1 Å². The largest absolute Gasteiger partial charge is 0.353 e. The Hall–Kier alpha value is -0.610. The van der Waals surface area contributed by atoms with Crippen LogP contribution in [0.4, 0.5) is 0 Å². The number of nitrogens with two attached hydrogens (primary N) is 1. The van der Waals surface area contributed by atoms with Gasteiger partial charge in [-0.2, -0.15) is 0 Å². The van der Waals surface area contributed by atoms with Crippen LogP contribution in [0.3, 0.4) is 0 Å². The Labute approximate surface area is 128 Å². The lowest BCUT2D eigenvalue weighted by molar-refractivity contribution is -0.127. The van der Waals surface area contributed by atoms with Gasteiger partial charge in [0, 0.05) is 24.5 Å². The molecule has 3 aliphatic rings. The maximum absolute atomic E-state index is 12.6. The Kier molecular flexibility index (Phi) is 5.17. The van der Waals surface area contributed by atoms with Crippen LogP contribution >= 0.6 is 0 Å². The molecule has 2 heterocycles. The summed E-state index contributed by atoms with van der Waals surface area (Å²) in [5.41, 5.74) is 5.67. The molecule has 2 saturated heterocycles. The van der Waals surface area contributed by atoms with E-state index in [9.17, 15) is 4.79 Å². The van der Waals surface area contributed by atoms with E-state index >= 15 is 0 Å². The van der Waals surface area contributed by atoms with Crippen LogP contribution in [0.15, 0.2) is 0 Å². The van der Waals surface area contributed by atoms with Gasteiger partial charge in [-0.1, -0.05) is 12.8 Å². The molecule has 4 unspecified atom stereocenters. The van der Waals surface area contributed by atoms with E-state index < -0.39 is 0 Å². The molecule has 4 heteroatoms. The number of carbonyl (C=O) groups excluding carboxylic acids is 1. The minimum atomic E-state index is 0.247. The highest BCUT2D eigenvalue weighted by Gasteiger charge is 2.34. The van der Waals surface area contributed by atoms with Crippen molar-refractivity contribution in [2.75, 3.05) is 19.6 Å². The number of fused-ring (bicyclic) bond motifs is 1. The molecule has 0 bridgehead atoms. The number of carbonyl (C=O) groups is 1. The second-order valence-corrected chi connectivity index (χ2v) is 7.37. The van der Waals surface area contributed by atoms with Crippen molar-refractivity contribution in [2.24, 2.45) is 17.6 Å². The SMILES string of the molecule is NCCC1CCCC(C(=O)NC2CCN3CCCC3C2)C1. The van der Waals surface area contributed by atoms with Gasteiger partial charge in [-0.3, -0.25) is 4.79 Å². The summed E-state index contributed by atoms with van der Waals surface area (Å²) in [5, 5.41) is 3.37. The molecule has 0 spiro atoms. The van der Waals surface area contributed by atoms with E-state index in [-0.39, 0.29) is 5.92 Å². The number of rotatable bonds is 4. The van der Waals surface area contributed by atoms with Gasteiger partial charge < -0.3 is 16.0 Å². The molecule has 21 heavy (non-hydrogen) atoms. The van der Waals surface area contributed by atoms with Crippen molar-refractivity contribution in [1.82, 2.24) is 10.2 Å². The topological polar surface area (TPSA) is 58.4 Å². The average Bonchev–Trinajstić information content (AvgIpc) is 2.95. The molecule has 4 atom stereocenters. The average molecular weight is 293 g/mol. The summed E-state index contributed by atoms with van der Waals surface area (Å²) in [6.45, 7) is 3.21. The molecule has 3 N–H and O–H groups in total. The van der Waals surface area contributed by atoms with Crippen molar-refractivity contribution < 1.29 is 4.79 Å². The first-order valence-electron chi connectivity index (χ1n) is 9.00. The second kappa shape index (κ2) is 7.10. The van der Waals surface area contributed by atoms with Gasteiger partial charge in [0.2, 0.25) is 5.91 Å².